The minimum Gasteiger partial charge on any atom is -0.442 e. The lowest BCUT2D eigenvalue weighted by molar-refractivity contribution is 0.0278. The normalized spacial score (nSPS) is 19.2. The predicted octanol–water partition coefficient (Wildman–Crippen LogP) is 4.19. The summed E-state index contributed by atoms with van der Waals surface area (Å²) >= 11 is 0. The monoisotopic (exact) mass is 430 g/mol. The summed E-state index contributed by atoms with van der Waals surface area (Å²) in [5.41, 5.74) is 8.57. The van der Waals surface area contributed by atoms with Gasteiger partial charge in [-0.3, -0.25) is 0 Å². The Balaban J connectivity index is 1.74. The molecule has 0 unspecified atom stereocenters. The highest BCUT2D eigenvalue weighted by Gasteiger charge is 2.28. The SMILES string of the molecule is CC(C)(C)OC(=O)NOc1cccc(Nc2cc([C@H]3CC[C@@H](N)C3)nn2C(C)(C)C)n1. The number of ether oxygens (including phenoxy) is 1. The number of rotatable bonds is 5. The van der Waals surface area contributed by atoms with Gasteiger partial charge in [0.2, 0.25) is 5.88 Å². The Morgan fingerprint density at radius 2 is 1.94 bits per heavy atom. The number of hydroxylamine groups is 1. The lowest BCUT2D eigenvalue weighted by Crippen LogP contribution is -2.34. The minimum atomic E-state index is -0.683. The standard InChI is InChI=1S/C22H34N6O3/c1-21(2,3)28-18(13-16(26-28)14-10-11-15(23)12-14)24-17-8-7-9-19(25-17)31-27-20(29)30-22(4,5)6/h7-9,13-15H,10-12,23H2,1-6H3,(H,24,25)(H,27,29)/t14-,15+/m0/s1. The maximum absolute atomic E-state index is 11.8. The molecule has 0 aromatic carbocycles. The van der Waals surface area contributed by atoms with Crippen LogP contribution in [0.4, 0.5) is 16.4 Å². The molecule has 1 aliphatic carbocycles. The summed E-state index contributed by atoms with van der Waals surface area (Å²) < 4.78 is 7.13. The first-order valence-electron chi connectivity index (χ1n) is 10.7. The number of hydrogen-bond donors (Lipinski definition) is 3. The minimum absolute atomic E-state index is 0.215. The fourth-order valence-electron chi connectivity index (χ4n) is 3.55. The predicted molar refractivity (Wildman–Crippen MR) is 119 cm³/mol. The van der Waals surface area contributed by atoms with Crippen LogP contribution in [0.25, 0.3) is 0 Å². The van der Waals surface area contributed by atoms with Gasteiger partial charge in [0, 0.05) is 24.1 Å². The molecule has 1 amide bonds. The third-order valence-corrected chi connectivity index (χ3v) is 4.87. The molecule has 31 heavy (non-hydrogen) atoms. The van der Waals surface area contributed by atoms with Crippen LogP contribution in [0.15, 0.2) is 24.3 Å². The summed E-state index contributed by atoms with van der Waals surface area (Å²) in [5.74, 6) is 2.02. The number of amides is 1. The van der Waals surface area contributed by atoms with Gasteiger partial charge in [-0.05, 0) is 66.9 Å². The first-order valence-corrected chi connectivity index (χ1v) is 10.7. The third-order valence-electron chi connectivity index (χ3n) is 4.87. The summed E-state index contributed by atoms with van der Waals surface area (Å²) in [5, 5.41) is 8.21. The van der Waals surface area contributed by atoms with Crippen molar-refractivity contribution in [3.05, 3.63) is 30.0 Å². The maximum Gasteiger partial charge on any atom is 0.441 e. The van der Waals surface area contributed by atoms with Crippen LogP contribution in [-0.4, -0.2) is 32.5 Å². The maximum atomic E-state index is 11.8. The molecule has 1 aliphatic rings. The van der Waals surface area contributed by atoms with Crippen molar-refractivity contribution in [3.8, 4) is 5.88 Å². The smallest absolute Gasteiger partial charge is 0.441 e. The molecule has 0 saturated heterocycles. The first-order chi connectivity index (χ1) is 14.4. The fourth-order valence-corrected chi connectivity index (χ4v) is 3.55. The molecule has 4 N–H and O–H groups in total. The van der Waals surface area contributed by atoms with Gasteiger partial charge >= 0.3 is 6.09 Å². The molecule has 0 spiro atoms. The van der Waals surface area contributed by atoms with Crippen molar-refractivity contribution >= 4 is 17.7 Å². The van der Waals surface area contributed by atoms with Crippen LogP contribution >= 0.6 is 0 Å². The number of nitrogens with two attached hydrogens (primary N) is 1. The van der Waals surface area contributed by atoms with Gasteiger partial charge < -0.3 is 20.6 Å². The van der Waals surface area contributed by atoms with Gasteiger partial charge in [0.15, 0.2) is 0 Å². The van der Waals surface area contributed by atoms with Gasteiger partial charge in [-0.1, -0.05) is 6.07 Å². The summed E-state index contributed by atoms with van der Waals surface area (Å²) in [6.07, 6.45) is 2.36. The number of nitrogens with zero attached hydrogens (tertiary/aromatic N) is 3. The largest absolute Gasteiger partial charge is 0.442 e. The van der Waals surface area contributed by atoms with Crippen LogP contribution in [-0.2, 0) is 10.3 Å². The van der Waals surface area contributed by atoms with E-state index in [1.165, 1.54) is 0 Å². The van der Waals surface area contributed by atoms with Crippen LogP contribution in [0.2, 0.25) is 0 Å². The van der Waals surface area contributed by atoms with Gasteiger partial charge in [0.1, 0.15) is 17.2 Å². The molecule has 0 radical (unpaired) electrons. The van der Waals surface area contributed by atoms with Gasteiger partial charge in [-0.2, -0.15) is 15.6 Å². The Labute approximate surface area is 183 Å². The summed E-state index contributed by atoms with van der Waals surface area (Å²) in [6.45, 7) is 11.6. The van der Waals surface area contributed by atoms with Gasteiger partial charge in [-0.25, -0.2) is 9.48 Å². The Bertz CT molecular complexity index is 913. The van der Waals surface area contributed by atoms with Crippen LogP contribution in [0.5, 0.6) is 5.88 Å². The third kappa shape index (κ3) is 6.33. The Morgan fingerprint density at radius 3 is 2.55 bits per heavy atom. The molecule has 2 aromatic heterocycles. The summed E-state index contributed by atoms with van der Waals surface area (Å²) in [6, 6.07) is 7.58. The van der Waals surface area contributed by atoms with Crippen molar-refractivity contribution < 1.29 is 14.4 Å². The van der Waals surface area contributed by atoms with Crippen LogP contribution in [0.1, 0.15) is 72.4 Å². The van der Waals surface area contributed by atoms with Crippen LogP contribution in [0.3, 0.4) is 0 Å². The van der Waals surface area contributed by atoms with E-state index in [9.17, 15) is 4.79 Å². The molecular weight excluding hydrogens is 396 g/mol. The highest BCUT2D eigenvalue weighted by atomic mass is 16.7. The molecule has 1 saturated carbocycles. The molecular formula is C22H34N6O3. The van der Waals surface area contributed by atoms with Crippen LogP contribution in [0, 0.1) is 0 Å². The molecule has 2 aromatic rings. The molecule has 1 fully saturated rings. The van der Waals surface area contributed by atoms with E-state index >= 15 is 0 Å². The second-order valence-corrected chi connectivity index (χ2v) is 10.00. The molecule has 2 heterocycles. The van der Waals surface area contributed by atoms with Gasteiger partial charge in [0.25, 0.3) is 0 Å². The van der Waals surface area contributed by atoms with E-state index < -0.39 is 11.7 Å². The van der Waals surface area contributed by atoms with E-state index in [1.807, 2.05) is 10.7 Å². The lowest BCUT2D eigenvalue weighted by Gasteiger charge is -2.22. The molecule has 0 bridgehead atoms. The molecule has 9 heteroatoms. The van der Waals surface area contributed by atoms with Gasteiger partial charge in [-0.15, -0.1) is 0 Å². The molecule has 2 atom stereocenters. The molecule has 3 rings (SSSR count). The number of nitrogens with one attached hydrogen (secondary N) is 2. The second-order valence-electron chi connectivity index (χ2n) is 10.00. The zero-order chi connectivity index (χ0) is 22.8. The first kappa shape index (κ1) is 22.9. The van der Waals surface area contributed by atoms with E-state index in [4.69, 9.17) is 20.4 Å². The molecule has 9 nitrogen and oxygen atoms in total. The molecule has 170 valence electrons. The summed E-state index contributed by atoms with van der Waals surface area (Å²) in [4.78, 5) is 21.5. The van der Waals surface area contributed by atoms with Crippen molar-refractivity contribution in [2.24, 2.45) is 5.73 Å². The van der Waals surface area contributed by atoms with E-state index in [1.54, 1.807) is 32.9 Å². The van der Waals surface area contributed by atoms with Crippen molar-refractivity contribution in [1.29, 1.82) is 0 Å². The molecule has 0 aliphatic heterocycles. The second kappa shape index (κ2) is 8.74. The van der Waals surface area contributed by atoms with Crippen molar-refractivity contribution in [2.75, 3.05) is 5.32 Å². The van der Waals surface area contributed by atoms with Gasteiger partial charge in [0.05, 0.1) is 11.2 Å². The summed E-state index contributed by atoms with van der Waals surface area (Å²) in [7, 11) is 0. The van der Waals surface area contributed by atoms with E-state index in [2.05, 4.69) is 42.6 Å². The Morgan fingerprint density at radius 1 is 1.19 bits per heavy atom. The zero-order valence-corrected chi connectivity index (χ0v) is 19.2. The van der Waals surface area contributed by atoms with Crippen molar-refractivity contribution in [3.63, 3.8) is 0 Å². The zero-order valence-electron chi connectivity index (χ0n) is 19.2. The van der Waals surface area contributed by atoms with E-state index in [0.29, 0.717) is 11.7 Å². The topological polar surface area (TPSA) is 116 Å². The van der Waals surface area contributed by atoms with E-state index in [-0.39, 0.29) is 17.5 Å². The average Bonchev–Trinajstić information content (AvgIpc) is 3.25. The number of hydrogen-bond acceptors (Lipinski definition) is 7. The quantitative estimate of drug-likeness (QED) is 0.609. The lowest BCUT2D eigenvalue weighted by atomic mass is 10.0. The highest BCUT2D eigenvalue weighted by Crippen LogP contribution is 2.35. The number of carbonyl (C=O) groups is 1. The fraction of sp³-hybridized carbons (Fsp3) is 0.591. The number of carbonyl (C=O) groups excluding carboxylic acids is 1. The Kier molecular flexibility index (Phi) is 6.45. The highest BCUT2D eigenvalue weighted by molar-refractivity contribution is 5.66. The van der Waals surface area contributed by atoms with Crippen molar-refractivity contribution in [1.82, 2.24) is 20.2 Å². The number of anilines is 2. The Hall–Kier alpha value is -2.81. The number of pyridine rings is 1. The van der Waals surface area contributed by atoms with Crippen LogP contribution < -0.4 is 21.4 Å². The van der Waals surface area contributed by atoms with Crippen molar-refractivity contribution in [2.45, 2.75) is 83.9 Å². The number of aromatic nitrogens is 3. The average molecular weight is 431 g/mol. The van der Waals surface area contributed by atoms with E-state index in [0.717, 1.165) is 30.8 Å².